The van der Waals surface area contributed by atoms with E-state index >= 15 is 0 Å². The van der Waals surface area contributed by atoms with Crippen molar-refractivity contribution in [3.63, 3.8) is 0 Å². The molecule has 0 atom stereocenters. The molecule has 0 saturated heterocycles. The van der Waals surface area contributed by atoms with Crippen molar-refractivity contribution in [2.24, 2.45) is 0 Å². The Hall–Kier alpha value is -2.08. The van der Waals surface area contributed by atoms with Gasteiger partial charge in [0.05, 0.1) is 17.2 Å². The number of anilines is 1. The fourth-order valence-electron chi connectivity index (χ4n) is 1.90. The van der Waals surface area contributed by atoms with E-state index < -0.39 is 9.84 Å². The Morgan fingerprint density at radius 3 is 2.52 bits per heavy atom. The molecule has 0 amide bonds. The van der Waals surface area contributed by atoms with E-state index in [4.69, 9.17) is 10.5 Å². The van der Waals surface area contributed by atoms with Crippen LogP contribution in [0.1, 0.15) is 12.0 Å². The van der Waals surface area contributed by atoms with Gasteiger partial charge in [0, 0.05) is 18.6 Å². The number of ether oxygens (including phenoxy) is 1. The number of nitrogens with zero attached hydrogens (tertiary/aromatic N) is 1. The fourth-order valence-corrected chi connectivity index (χ4v) is 2.55. The van der Waals surface area contributed by atoms with Gasteiger partial charge >= 0.3 is 0 Å². The summed E-state index contributed by atoms with van der Waals surface area (Å²) in [4.78, 5) is 4.16. The summed E-state index contributed by atoms with van der Waals surface area (Å²) in [7, 11) is -3.24. The maximum atomic E-state index is 11.4. The summed E-state index contributed by atoms with van der Waals surface area (Å²) in [5.41, 5.74) is 7.35. The third-order valence-electron chi connectivity index (χ3n) is 3.03. The van der Waals surface area contributed by atoms with Gasteiger partial charge in [0.1, 0.15) is 5.75 Å². The molecule has 2 aromatic rings. The Kier molecular flexibility index (Phi) is 4.80. The van der Waals surface area contributed by atoms with Gasteiger partial charge in [-0.2, -0.15) is 0 Å². The number of pyridine rings is 1. The first kappa shape index (κ1) is 15.3. The molecule has 1 aromatic heterocycles. The van der Waals surface area contributed by atoms with E-state index in [2.05, 4.69) is 4.98 Å². The average molecular weight is 306 g/mol. The number of rotatable bonds is 6. The predicted molar refractivity (Wildman–Crippen MR) is 82.0 cm³/mol. The van der Waals surface area contributed by atoms with Crippen molar-refractivity contribution in [3.8, 4) is 5.75 Å². The summed E-state index contributed by atoms with van der Waals surface area (Å²) < 4.78 is 28.4. The van der Waals surface area contributed by atoms with E-state index in [-0.39, 0.29) is 4.90 Å². The molecule has 112 valence electrons. The number of hydrogen-bond donors (Lipinski definition) is 1. The van der Waals surface area contributed by atoms with Crippen LogP contribution < -0.4 is 10.5 Å². The van der Waals surface area contributed by atoms with Crippen LogP contribution in [0.4, 0.5) is 5.69 Å². The SMILES string of the molecule is CS(=O)(=O)c1ccc(OCCCc2ccncc2)c(N)c1. The lowest BCUT2D eigenvalue weighted by Gasteiger charge is -2.10. The van der Waals surface area contributed by atoms with Crippen molar-refractivity contribution in [2.75, 3.05) is 18.6 Å². The highest BCUT2D eigenvalue weighted by atomic mass is 32.2. The summed E-state index contributed by atoms with van der Waals surface area (Å²) in [6.45, 7) is 0.519. The summed E-state index contributed by atoms with van der Waals surface area (Å²) >= 11 is 0. The van der Waals surface area contributed by atoms with Crippen molar-refractivity contribution in [1.29, 1.82) is 0 Å². The number of aromatic nitrogens is 1. The Balaban J connectivity index is 1.89. The number of nitrogen functional groups attached to an aromatic ring is 1. The normalized spacial score (nSPS) is 11.3. The Bertz CT molecular complexity index is 700. The molecule has 1 heterocycles. The van der Waals surface area contributed by atoms with E-state index in [0.29, 0.717) is 18.0 Å². The number of sulfone groups is 1. The van der Waals surface area contributed by atoms with E-state index in [9.17, 15) is 8.42 Å². The second-order valence-corrected chi connectivity index (χ2v) is 6.80. The summed E-state index contributed by atoms with van der Waals surface area (Å²) in [5, 5.41) is 0. The van der Waals surface area contributed by atoms with Crippen molar-refractivity contribution in [3.05, 3.63) is 48.3 Å². The van der Waals surface area contributed by atoms with Crippen LogP contribution >= 0.6 is 0 Å². The van der Waals surface area contributed by atoms with Crippen LogP contribution in [0.25, 0.3) is 0 Å². The molecule has 0 bridgehead atoms. The minimum Gasteiger partial charge on any atom is -0.491 e. The average Bonchev–Trinajstić information content (AvgIpc) is 2.45. The lowest BCUT2D eigenvalue weighted by atomic mass is 10.1. The van der Waals surface area contributed by atoms with Crippen molar-refractivity contribution in [1.82, 2.24) is 4.98 Å². The van der Waals surface area contributed by atoms with Gasteiger partial charge in [-0.3, -0.25) is 4.98 Å². The first-order valence-electron chi connectivity index (χ1n) is 6.58. The Morgan fingerprint density at radius 1 is 1.19 bits per heavy atom. The van der Waals surface area contributed by atoms with E-state index in [1.54, 1.807) is 18.5 Å². The first-order valence-corrected chi connectivity index (χ1v) is 8.47. The van der Waals surface area contributed by atoms with Gasteiger partial charge in [-0.15, -0.1) is 0 Å². The molecule has 6 heteroatoms. The van der Waals surface area contributed by atoms with Gasteiger partial charge in [-0.25, -0.2) is 8.42 Å². The van der Waals surface area contributed by atoms with Gasteiger partial charge < -0.3 is 10.5 Å². The predicted octanol–water partition coefficient (Wildman–Crippen LogP) is 2.08. The summed E-state index contributed by atoms with van der Waals surface area (Å²) in [6, 6.07) is 8.46. The fraction of sp³-hybridized carbons (Fsp3) is 0.267. The van der Waals surface area contributed by atoms with Gasteiger partial charge in [0.2, 0.25) is 0 Å². The lowest BCUT2D eigenvalue weighted by Crippen LogP contribution is -2.04. The van der Waals surface area contributed by atoms with Gasteiger partial charge in [0.25, 0.3) is 0 Å². The molecule has 0 radical (unpaired) electrons. The molecule has 0 unspecified atom stereocenters. The quantitative estimate of drug-likeness (QED) is 0.652. The van der Waals surface area contributed by atoms with Crippen LogP contribution in [0.2, 0.25) is 0 Å². The monoisotopic (exact) mass is 306 g/mol. The topological polar surface area (TPSA) is 82.3 Å². The van der Waals surface area contributed by atoms with Gasteiger partial charge in [-0.05, 0) is 48.7 Å². The van der Waals surface area contributed by atoms with Crippen molar-refractivity contribution < 1.29 is 13.2 Å². The minimum atomic E-state index is -3.24. The standard InChI is InChI=1S/C15H18N2O3S/c1-21(18,19)13-4-5-15(14(16)11-13)20-10-2-3-12-6-8-17-9-7-12/h4-9,11H,2-3,10,16H2,1H3. The highest BCUT2D eigenvalue weighted by Crippen LogP contribution is 2.25. The highest BCUT2D eigenvalue weighted by Gasteiger charge is 2.10. The zero-order chi connectivity index (χ0) is 15.3. The number of nitrogens with two attached hydrogens (primary N) is 1. The van der Waals surface area contributed by atoms with Gasteiger partial charge in [0.15, 0.2) is 9.84 Å². The molecule has 5 nitrogen and oxygen atoms in total. The second kappa shape index (κ2) is 6.58. The molecule has 0 aliphatic rings. The number of aryl methyl sites for hydroxylation is 1. The molecular formula is C15H18N2O3S. The molecule has 0 aliphatic carbocycles. The number of benzene rings is 1. The zero-order valence-electron chi connectivity index (χ0n) is 11.8. The summed E-state index contributed by atoms with van der Waals surface area (Å²) in [5.74, 6) is 0.511. The molecule has 0 aliphatic heterocycles. The largest absolute Gasteiger partial charge is 0.491 e. The highest BCUT2D eigenvalue weighted by molar-refractivity contribution is 7.90. The number of hydrogen-bond acceptors (Lipinski definition) is 5. The van der Waals surface area contributed by atoms with E-state index in [1.807, 2.05) is 12.1 Å². The molecule has 0 fully saturated rings. The molecular weight excluding hydrogens is 288 g/mol. The maximum absolute atomic E-state index is 11.4. The maximum Gasteiger partial charge on any atom is 0.175 e. The Morgan fingerprint density at radius 2 is 1.90 bits per heavy atom. The third kappa shape index (κ3) is 4.46. The molecule has 0 saturated carbocycles. The first-order chi connectivity index (χ1) is 9.97. The van der Waals surface area contributed by atoms with E-state index in [1.165, 1.54) is 17.7 Å². The third-order valence-corrected chi connectivity index (χ3v) is 4.14. The summed E-state index contributed by atoms with van der Waals surface area (Å²) in [6.07, 6.45) is 6.41. The molecule has 2 rings (SSSR count). The van der Waals surface area contributed by atoms with Crippen LogP contribution in [0, 0.1) is 0 Å². The van der Waals surface area contributed by atoms with Crippen LogP contribution in [-0.4, -0.2) is 26.3 Å². The van der Waals surface area contributed by atoms with Crippen molar-refractivity contribution >= 4 is 15.5 Å². The van der Waals surface area contributed by atoms with Crippen molar-refractivity contribution in [2.45, 2.75) is 17.7 Å². The Labute approximate surface area is 124 Å². The van der Waals surface area contributed by atoms with Crippen LogP contribution in [0.15, 0.2) is 47.6 Å². The zero-order valence-corrected chi connectivity index (χ0v) is 12.6. The molecule has 21 heavy (non-hydrogen) atoms. The molecule has 1 aromatic carbocycles. The smallest absolute Gasteiger partial charge is 0.175 e. The second-order valence-electron chi connectivity index (χ2n) is 4.78. The molecule has 2 N–H and O–H groups in total. The lowest BCUT2D eigenvalue weighted by molar-refractivity contribution is 0.312. The minimum absolute atomic E-state index is 0.198. The van der Waals surface area contributed by atoms with E-state index in [0.717, 1.165) is 19.1 Å². The van der Waals surface area contributed by atoms with Crippen LogP contribution in [0.3, 0.4) is 0 Å². The molecule has 0 spiro atoms. The van der Waals surface area contributed by atoms with Crippen LogP contribution in [-0.2, 0) is 16.3 Å². The van der Waals surface area contributed by atoms with Gasteiger partial charge in [-0.1, -0.05) is 0 Å². The van der Waals surface area contributed by atoms with Crippen LogP contribution in [0.5, 0.6) is 5.75 Å².